The highest BCUT2D eigenvalue weighted by atomic mass is 79.9. The number of para-hydroxylation sites is 1. The molecule has 0 fully saturated rings. The third kappa shape index (κ3) is 3.13. The maximum absolute atomic E-state index is 10.9. The molecule has 4 nitrogen and oxygen atoms in total. The summed E-state index contributed by atoms with van der Waals surface area (Å²) in [5, 5.41) is 11.9. The van der Waals surface area contributed by atoms with Gasteiger partial charge in [0.05, 0.1) is 9.95 Å². The van der Waals surface area contributed by atoms with Gasteiger partial charge in [0.15, 0.2) is 0 Å². The fourth-order valence-corrected chi connectivity index (χ4v) is 2.77. The van der Waals surface area contributed by atoms with E-state index < -0.39 is 4.92 Å². The smallest absolute Gasteiger partial charge is 0.287 e. The van der Waals surface area contributed by atoms with E-state index in [4.69, 9.17) is 16.3 Å². The van der Waals surface area contributed by atoms with Gasteiger partial charge in [0.1, 0.15) is 16.0 Å². The van der Waals surface area contributed by atoms with Gasteiger partial charge < -0.3 is 4.74 Å². The zero-order valence-corrected chi connectivity index (χ0v) is 13.9. The molecule has 2 aromatic carbocycles. The Morgan fingerprint density at radius 3 is 2.60 bits per heavy atom. The van der Waals surface area contributed by atoms with Crippen LogP contribution in [0.5, 0.6) is 11.5 Å². The van der Waals surface area contributed by atoms with Gasteiger partial charge in [-0.2, -0.15) is 0 Å². The summed E-state index contributed by atoms with van der Waals surface area (Å²) < 4.78 is 6.02. The van der Waals surface area contributed by atoms with E-state index in [0.717, 1.165) is 5.56 Å². The lowest BCUT2D eigenvalue weighted by atomic mass is 10.2. The molecule has 0 spiro atoms. The largest absolute Gasteiger partial charge is 0.454 e. The van der Waals surface area contributed by atoms with Crippen molar-refractivity contribution in [1.29, 1.82) is 0 Å². The summed E-state index contributed by atoms with van der Waals surface area (Å²) in [6, 6.07) is 9.97. The van der Waals surface area contributed by atoms with Gasteiger partial charge in [-0.25, -0.2) is 0 Å². The normalized spacial score (nSPS) is 10.3. The summed E-state index contributed by atoms with van der Waals surface area (Å²) in [5.74, 6) is 0.821. The van der Waals surface area contributed by atoms with Crippen LogP contribution in [0.2, 0.25) is 5.02 Å². The number of rotatable bonds is 4. The minimum absolute atomic E-state index is 0.0602. The molecule has 0 atom stereocenters. The van der Waals surface area contributed by atoms with Gasteiger partial charge in [-0.15, -0.1) is 0 Å². The molecule has 2 aromatic rings. The van der Waals surface area contributed by atoms with Crippen LogP contribution in [0.3, 0.4) is 0 Å². The number of hydrogen-bond donors (Lipinski definition) is 0. The van der Waals surface area contributed by atoms with Gasteiger partial charge in [-0.05, 0) is 28.1 Å². The molecule has 0 amide bonds. The van der Waals surface area contributed by atoms with Crippen molar-refractivity contribution < 1.29 is 9.66 Å². The number of ether oxygens (including phenoxy) is 1. The predicted octanol–water partition coefficient (Wildman–Crippen LogP) is 5.70. The van der Waals surface area contributed by atoms with E-state index in [9.17, 15) is 10.1 Å². The summed E-state index contributed by atoms with van der Waals surface area (Å²) in [6.07, 6.45) is 0. The van der Waals surface area contributed by atoms with Crippen molar-refractivity contribution in [3.8, 4) is 11.5 Å². The van der Waals surface area contributed by atoms with Crippen LogP contribution < -0.4 is 4.74 Å². The number of nitro groups is 1. The van der Waals surface area contributed by atoms with Crippen molar-refractivity contribution in [3.63, 3.8) is 0 Å². The highest BCUT2D eigenvalue weighted by Crippen LogP contribution is 2.40. The highest BCUT2D eigenvalue weighted by Gasteiger charge is 2.18. The molecule has 20 heavy (non-hydrogen) atoms. The molecule has 0 aliphatic heterocycles. The second kappa shape index (κ2) is 6.56. The minimum atomic E-state index is -0.477. The van der Waals surface area contributed by atoms with Crippen LogP contribution in [0, 0.1) is 10.1 Å². The topological polar surface area (TPSA) is 52.4 Å². The average molecular weight is 421 g/mol. The van der Waals surface area contributed by atoms with Gasteiger partial charge in [0.2, 0.25) is 0 Å². The van der Waals surface area contributed by atoms with E-state index >= 15 is 0 Å². The number of nitro benzene ring substituents is 1. The van der Waals surface area contributed by atoms with Crippen LogP contribution in [-0.4, -0.2) is 4.92 Å². The molecule has 0 heterocycles. The van der Waals surface area contributed by atoms with E-state index in [0.29, 0.717) is 21.9 Å². The Morgan fingerprint density at radius 2 is 1.95 bits per heavy atom. The van der Waals surface area contributed by atoms with E-state index in [1.165, 1.54) is 6.07 Å². The summed E-state index contributed by atoms with van der Waals surface area (Å²) in [5.41, 5.74) is 0.797. The van der Waals surface area contributed by atoms with E-state index in [1.807, 2.05) is 12.1 Å². The summed E-state index contributed by atoms with van der Waals surface area (Å²) in [6.45, 7) is 0. The van der Waals surface area contributed by atoms with E-state index in [1.54, 1.807) is 18.2 Å². The van der Waals surface area contributed by atoms with Crippen molar-refractivity contribution in [2.45, 2.75) is 5.33 Å². The lowest BCUT2D eigenvalue weighted by molar-refractivity contribution is -0.385. The molecule has 0 unspecified atom stereocenters. The zero-order valence-electron chi connectivity index (χ0n) is 9.98. The van der Waals surface area contributed by atoms with E-state index in [2.05, 4.69) is 31.9 Å². The second-order valence-electron chi connectivity index (χ2n) is 3.81. The van der Waals surface area contributed by atoms with Gasteiger partial charge in [0.25, 0.3) is 5.69 Å². The molecule has 0 saturated carbocycles. The Labute approximate surface area is 137 Å². The first-order valence-corrected chi connectivity index (χ1v) is 7.78. The average Bonchev–Trinajstić information content (AvgIpc) is 2.42. The third-order valence-electron chi connectivity index (χ3n) is 2.54. The molecular weight excluding hydrogens is 413 g/mol. The molecule has 0 saturated heterocycles. The number of halogens is 3. The Morgan fingerprint density at radius 1 is 1.25 bits per heavy atom. The lowest BCUT2D eigenvalue weighted by Crippen LogP contribution is -1.94. The fraction of sp³-hybridized carbons (Fsp3) is 0.0769. The van der Waals surface area contributed by atoms with Gasteiger partial charge in [-0.1, -0.05) is 45.7 Å². The van der Waals surface area contributed by atoms with Crippen LogP contribution in [0.15, 0.2) is 40.9 Å². The van der Waals surface area contributed by atoms with Crippen molar-refractivity contribution in [2.24, 2.45) is 0 Å². The molecule has 104 valence electrons. The standard InChI is InChI=1S/C13H8Br2ClNO3/c14-7-8-3-1-4-9(16)13(8)20-11-6-2-5-10(12(11)15)17(18)19/h1-6H,7H2. The first-order valence-electron chi connectivity index (χ1n) is 5.48. The highest BCUT2D eigenvalue weighted by molar-refractivity contribution is 9.10. The van der Waals surface area contributed by atoms with Crippen molar-refractivity contribution in [1.82, 2.24) is 0 Å². The molecular formula is C13H8Br2ClNO3. The first kappa shape index (κ1) is 15.3. The van der Waals surface area contributed by atoms with Crippen LogP contribution in [0.4, 0.5) is 5.69 Å². The number of hydrogen-bond acceptors (Lipinski definition) is 3. The Hall–Kier alpha value is -1.11. The third-order valence-corrected chi connectivity index (χ3v) is 4.24. The van der Waals surface area contributed by atoms with Gasteiger partial charge >= 0.3 is 0 Å². The molecule has 0 radical (unpaired) electrons. The van der Waals surface area contributed by atoms with Gasteiger partial charge in [-0.3, -0.25) is 10.1 Å². The summed E-state index contributed by atoms with van der Waals surface area (Å²) in [4.78, 5) is 10.4. The minimum Gasteiger partial charge on any atom is -0.454 e. The number of benzene rings is 2. The van der Waals surface area contributed by atoms with E-state index in [-0.39, 0.29) is 10.2 Å². The number of nitrogens with zero attached hydrogens (tertiary/aromatic N) is 1. The fourth-order valence-electron chi connectivity index (χ4n) is 1.60. The lowest BCUT2D eigenvalue weighted by Gasteiger charge is -2.12. The Kier molecular flexibility index (Phi) is 5.01. The summed E-state index contributed by atoms with van der Waals surface area (Å²) >= 11 is 12.7. The van der Waals surface area contributed by atoms with Crippen molar-refractivity contribution >= 4 is 49.1 Å². The molecule has 0 aliphatic carbocycles. The van der Waals surface area contributed by atoms with Gasteiger partial charge in [0, 0.05) is 17.0 Å². The van der Waals surface area contributed by atoms with Crippen LogP contribution in [0.1, 0.15) is 5.56 Å². The summed E-state index contributed by atoms with van der Waals surface area (Å²) in [7, 11) is 0. The number of alkyl halides is 1. The van der Waals surface area contributed by atoms with Crippen molar-refractivity contribution in [2.75, 3.05) is 0 Å². The molecule has 2 rings (SSSR count). The van der Waals surface area contributed by atoms with Crippen LogP contribution in [0.25, 0.3) is 0 Å². The molecule has 0 bridgehead atoms. The molecule has 0 aromatic heterocycles. The first-order chi connectivity index (χ1) is 9.54. The quantitative estimate of drug-likeness (QED) is 0.362. The van der Waals surface area contributed by atoms with Crippen LogP contribution >= 0.6 is 43.5 Å². The monoisotopic (exact) mass is 419 g/mol. The maximum Gasteiger partial charge on any atom is 0.287 e. The molecule has 0 aliphatic rings. The predicted molar refractivity (Wildman–Crippen MR) is 85.0 cm³/mol. The zero-order chi connectivity index (χ0) is 14.7. The Bertz CT molecular complexity index is 664. The molecule has 0 N–H and O–H groups in total. The second-order valence-corrected chi connectivity index (χ2v) is 5.57. The SMILES string of the molecule is O=[N+]([O-])c1cccc(Oc2c(Cl)cccc2CBr)c1Br. The molecule has 7 heteroatoms. The Balaban J connectivity index is 2.46. The maximum atomic E-state index is 10.9. The van der Waals surface area contributed by atoms with Crippen molar-refractivity contribution in [3.05, 3.63) is 61.6 Å². The van der Waals surface area contributed by atoms with Crippen LogP contribution in [-0.2, 0) is 5.33 Å².